The van der Waals surface area contributed by atoms with Gasteiger partial charge in [-0.3, -0.25) is 9.79 Å². The lowest BCUT2D eigenvalue weighted by Crippen LogP contribution is -2.74. The van der Waals surface area contributed by atoms with Gasteiger partial charge in [-0.25, -0.2) is 4.39 Å². The van der Waals surface area contributed by atoms with Gasteiger partial charge in [-0.15, -0.1) is 0 Å². The summed E-state index contributed by atoms with van der Waals surface area (Å²) in [5.41, 5.74) is -0.289. The lowest BCUT2D eigenvalue weighted by Gasteiger charge is -2.64. The van der Waals surface area contributed by atoms with Crippen molar-refractivity contribution in [3.05, 3.63) is 22.5 Å². The van der Waals surface area contributed by atoms with E-state index in [1.165, 1.54) is 0 Å². The normalized spacial score (nSPS) is 25.4. The molecule has 3 aliphatic heterocycles. The third-order valence-corrected chi connectivity index (χ3v) is 7.26. The summed E-state index contributed by atoms with van der Waals surface area (Å²) in [6.45, 7) is 17.4. The molecule has 170 valence electrons. The van der Waals surface area contributed by atoms with Crippen molar-refractivity contribution in [3.63, 3.8) is 0 Å². The molecular weight excluding hydrogens is 395 g/mol. The van der Waals surface area contributed by atoms with E-state index in [0.29, 0.717) is 22.9 Å². The van der Waals surface area contributed by atoms with E-state index in [1.54, 1.807) is 13.0 Å². The second kappa shape index (κ2) is 7.19. The van der Waals surface area contributed by atoms with Crippen LogP contribution in [0.3, 0.4) is 0 Å². The number of benzene rings is 1. The molecule has 1 aromatic carbocycles. The van der Waals surface area contributed by atoms with Crippen LogP contribution in [0.5, 0.6) is 5.75 Å². The van der Waals surface area contributed by atoms with Crippen LogP contribution in [0.25, 0.3) is 6.20 Å². The molecule has 2 N–H and O–H groups in total. The van der Waals surface area contributed by atoms with Gasteiger partial charge in [0.05, 0.1) is 22.7 Å². The van der Waals surface area contributed by atoms with Crippen LogP contribution in [0, 0.1) is 16.6 Å². The maximum atomic E-state index is 15.8. The fraction of sp³-hybridized carbons (Fsp3) is 0.667. The fourth-order valence-electron chi connectivity index (χ4n) is 5.84. The summed E-state index contributed by atoms with van der Waals surface area (Å²) in [7, 11) is 0. The monoisotopic (exact) mass is 430 g/mol. The molecule has 3 aliphatic rings. The summed E-state index contributed by atoms with van der Waals surface area (Å²) < 4.78 is 21.9. The van der Waals surface area contributed by atoms with Crippen molar-refractivity contribution in [3.8, 4) is 5.75 Å². The Hall–Kier alpha value is -2.15. The van der Waals surface area contributed by atoms with Crippen molar-refractivity contribution in [1.29, 1.82) is 0 Å². The van der Waals surface area contributed by atoms with E-state index in [0.717, 1.165) is 19.5 Å². The Morgan fingerprint density at radius 1 is 1.23 bits per heavy atom. The Bertz CT molecular complexity index is 1010. The summed E-state index contributed by atoms with van der Waals surface area (Å²) >= 11 is 0. The zero-order chi connectivity index (χ0) is 22.8. The molecule has 6 nitrogen and oxygen atoms in total. The predicted octanol–water partition coefficient (Wildman–Crippen LogP) is 2.41. The third-order valence-electron chi connectivity index (χ3n) is 7.26. The molecule has 1 fully saturated rings. The standard InChI is InChI=1S/C24H35FN4O2/c1-14-21(30)28-20-17(27-14)10-18-16(19(20)25)12-29-15(8-9-31-18)11-26-13-24(29,22(2,3)4)23(5,6)7/h10,12,14-15,26H,8-9,11,13H2,1-7H3,(H,28,30)/t14?,15-/m1/s1. The third kappa shape index (κ3) is 3.32. The molecule has 3 heterocycles. The van der Waals surface area contributed by atoms with Gasteiger partial charge in [0.25, 0.3) is 0 Å². The molecule has 1 aromatic rings. The maximum absolute atomic E-state index is 15.8. The van der Waals surface area contributed by atoms with Gasteiger partial charge in [0.2, 0.25) is 5.91 Å². The number of hydrogen-bond acceptors (Lipinski definition) is 5. The van der Waals surface area contributed by atoms with Gasteiger partial charge >= 0.3 is 0 Å². The Morgan fingerprint density at radius 2 is 1.90 bits per heavy atom. The molecule has 7 heteroatoms. The number of amides is 1. The molecule has 0 radical (unpaired) electrons. The van der Waals surface area contributed by atoms with E-state index in [-0.39, 0.29) is 34.0 Å². The lowest BCUT2D eigenvalue weighted by atomic mass is 9.57. The topological polar surface area (TPSA) is 66.0 Å². The van der Waals surface area contributed by atoms with Crippen LogP contribution in [0.1, 0.15) is 54.9 Å². The maximum Gasteiger partial charge on any atom is 0.249 e. The highest BCUT2D eigenvalue weighted by molar-refractivity contribution is 5.96. The van der Waals surface area contributed by atoms with E-state index in [2.05, 4.69) is 62.1 Å². The average Bonchev–Trinajstić information content (AvgIpc) is 2.63. The molecule has 0 saturated carbocycles. The van der Waals surface area contributed by atoms with Gasteiger partial charge in [0.15, 0.2) is 5.82 Å². The van der Waals surface area contributed by atoms with Crippen molar-refractivity contribution in [1.82, 2.24) is 10.2 Å². The van der Waals surface area contributed by atoms with Gasteiger partial charge in [-0.1, -0.05) is 41.5 Å². The lowest BCUT2D eigenvalue weighted by molar-refractivity contribution is -0.117. The SMILES string of the molecule is CC1N=c2cc3c(c(F)c2NC1=O)=CN1[C@H](CCO3)CNCC1(C(C)(C)C)C(C)(C)C. The number of carbonyl (C=O) groups is 1. The molecule has 31 heavy (non-hydrogen) atoms. The quantitative estimate of drug-likeness (QED) is 0.664. The van der Waals surface area contributed by atoms with Crippen molar-refractivity contribution in [2.75, 3.05) is 25.0 Å². The number of piperazine rings is 1. The zero-order valence-electron chi connectivity index (χ0n) is 19.7. The van der Waals surface area contributed by atoms with Crippen molar-refractivity contribution in [2.45, 2.75) is 72.5 Å². The number of halogens is 1. The Kier molecular flexibility index (Phi) is 5.11. The number of fused-ring (bicyclic) bond motifs is 3. The van der Waals surface area contributed by atoms with Crippen LogP contribution in [-0.4, -0.2) is 48.1 Å². The van der Waals surface area contributed by atoms with Gasteiger partial charge in [0, 0.05) is 37.8 Å². The zero-order valence-corrected chi connectivity index (χ0v) is 19.7. The summed E-state index contributed by atoms with van der Waals surface area (Å²) in [4.78, 5) is 18.9. The first kappa shape index (κ1) is 22.1. The minimum atomic E-state index is -0.547. The van der Waals surface area contributed by atoms with Crippen molar-refractivity contribution in [2.24, 2.45) is 15.8 Å². The second-order valence-electron chi connectivity index (χ2n) is 11.1. The highest BCUT2D eigenvalue weighted by atomic mass is 19.1. The molecule has 1 saturated heterocycles. The number of ether oxygens (including phenoxy) is 1. The molecule has 4 rings (SSSR count). The Morgan fingerprint density at radius 3 is 2.55 bits per heavy atom. The van der Waals surface area contributed by atoms with Crippen LogP contribution in [0.4, 0.5) is 10.1 Å². The molecule has 1 amide bonds. The van der Waals surface area contributed by atoms with Crippen LogP contribution in [0.15, 0.2) is 11.1 Å². The number of carbonyl (C=O) groups excluding carboxylic acids is 1. The molecule has 2 atom stereocenters. The number of anilines is 1. The fourth-order valence-corrected chi connectivity index (χ4v) is 5.84. The molecule has 0 bridgehead atoms. The van der Waals surface area contributed by atoms with Crippen LogP contribution >= 0.6 is 0 Å². The summed E-state index contributed by atoms with van der Waals surface area (Å²) in [5.74, 6) is -0.290. The Labute approximate surface area is 183 Å². The van der Waals surface area contributed by atoms with Gasteiger partial charge in [-0.05, 0) is 17.8 Å². The predicted molar refractivity (Wildman–Crippen MR) is 120 cm³/mol. The first-order valence-corrected chi connectivity index (χ1v) is 11.2. The highest BCUT2D eigenvalue weighted by Gasteiger charge is 2.56. The van der Waals surface area contributed by atoms with Crippen LogP contribution < -0.4 is 25.9 Å². The molecule has 0 aliphatic carbocycles. The van der Waals surface area contributed by atoms with Crippen molar-refractivity contribution < 1.29 is 13.9 Å². The number of nitrogens with zero attached hydrogens (tertiary/aromatic N) is 2. The first-order chi connectivity index (χ1) is 14.4. The molecule has 0 aromatic heterocycles. The molecule has 1 unspecified atom stereocenters. The van der Waals surface area contributed by atoms with E-state index < -0.39 is 11.9 Å². The average molecular weight is 431 g/mol. The van der Waals surface area contributed by atoms with E-state index in [4.69, 9.17) is 4.74 Å². The van der Waals surface area contributed by atoms with E-state index in [9.17, 15) is 4.79 Å². The van der Waals surface area contributed by atoms with Crippen molar-refractivity contribution >= 4 is 17.8 Å². The van der Waals surface area contributed by atoms with Gasteiger partial charge < -0.3 is 20.3 Å². The van der Waals surface area contributed by atoms with Gasteiger partial charge in [0.1, 0.15) is 17.5 Å². The van der Waals surface area contributed by atoms with Gasteiger partial charge in [-0.2, -0.15) is 0 Å². The number of rotatable bonds is 0. The Balaban J connectivity index is 2.01. The smallest absolute Gasteiger partial charge is 0.249 e. The first-order valence-electron chi connectivity index (χ1n) is 11.2. The molecular formula is C24H35FN4O2. The minimum Gasteiger partial charge on any atom is -0.493 e. The van der Waals surface area contributed by atoms with E-state index in [1.807, 2.05) is 6.20 Å². The summed E-state index contributed by atoms with van der Waals surface area (Å²) in [5, 5.41) is 7.18. The number of nitrogens with one attached hydrogen (secondary N) is 2. The summed E-state index contributed by atoms with van der Waals surface area (Å²) in [6.07, 6.45) is 2.77. The molecule has 0 spiro atoms. The minimum absolute atomic E-state index is 0.0860. The number of hydrogen-bond donors (Lipinski definition) is 2. The summed E-state index contributed by atoms with van der Waals surface area (Å²) in [6, 6.07) is 1.39. The van der Waals surface area contributed by atoms with E-state index >= 15 is 4.39 Å². The van der Waals surface area contributed by atoms with Crippen LogP contribution in [0.2, 0.25) is 0 Å². The largest absolute Gasteiger partial charge is 0.493 e. The highest BCUT2D eigenvalue weighted by Crippen LogP contribution is 2.50. The second-order valence-corrected chi connectivity index (χ2v) is 11.1. The van der Waals surface area contributed by atoms with Crippen LogP contribution in [-0.2, 0) is 4.79 Å².